The minimum Gasteiger partial charge on any atom is -0.496 e. The van der Waals surface area contributed by atoms with Gasteiger partial charge in [-0.25, -0.2) is 4.90 Å². The highest BCUT2D eigenvalue weighted by Gasteiger charge is 2.36. The summed E-state index contributed by atoms with van der Waals surface area (Å²) in [6.07, 6.45) is 1.68. The highest BCUT2D eigenvalue weighted by Crippen LogP contribution is 2.37. The zero-order valence-electron chi connectivity index (χ0n) is 13.9. The van der Waals surface area contributed by atoms with Gasteiger partial charge in [0.2, 0.25) is 0 Å². The van der Waals surface area contributed by atoms with E-state index in [-0.39, 0.29) is 11.1 Å². The molecule has 0 saturated carbocycles. The summed E-state index contributed by atoms with van der Waals surface area (Å²) in [5.74, 6) is 1.00. The summed E-state index contributed by atoms with van der Waals surface area (Å²) in [6, 6.07) is 14.2. The summed E-state index contributed by atoms with van der Waals surface area (Å²) in [6.45, 7) is 2.45. The van der Waals surface area contributed by atoms with Gasteiger partial charge in [0, 0.05) is 5.56 Å². The Labute approximate surface area is 150 Å². The summed E-state index contributed by atoms with van der Waals surface area (Å²) >= 11 is 0.917. The smallest absolute Gasteiger partial charge is 0.298 e. The van der Waals surface area contributed by atoms with Gasteiger partial charge < -0.3 is 9.47 Å². The van der Waals surface area contributed by atoms with E-state index in [2.05, 4.69) is 0 Å². The normalized spacial score (nSPS) is 15.8. The molecular weight excluding hydrogens is 338 g/mol. The maximum atomic E-state index is 12.7. The van der Waals surface area contributed by atoms with Crippen molar-refractivity contribution in [2.24, 2.45) is 0 Å². The number of hydrogen-bond donors (Lipinski definition) is 0. The molecule has 2 aromatic rings. The quantitative estimate of drug-likeness (QED) is 0.747. The fourth-order valence-electron chi connectivity index (χ4n) is 2.48. The molecule has 0 spiro atoms. The number of methoxy groups -OCH3 is 1. The van der Waals surface area contributed by atoms with Crippen molar-refractivity contribution < 1.29 is 19.1 Å². The van der Waals surface area contributed by atoms with E-state index in [1.807, 2.05) is 31.2 Å². The average molecular weight is 355 g/mol. The van der Waals surface area contributed by atoms with Gasteiger partial charge in [-0.05, 0) is 55.1 Å². The molecule has 25 heavy (non-hydrogen) atoms. The zero-order chi connectivity index (χ0) is 17.8. The van der Waals surface area contributed by atoms with E-state index in [4.69, 9.17) is 9.47 Å². The lowest BCUT2D eigenvalue weighted by Gasteiger charge is -2.13. The molecule has 6 heteroatoms. The number of carbonyl (C=O) groups is 2. The molecule has 0 unspecified atom stereocenters. The Bertz CT molecular complexity index is 830. The number of carbonyl (C=O) groups excluding carboxylic acids is 2. The van der Waals surface area contributed by atoms with Crippen LogP contribution in [-0.2, 0) is 4.79 Å². The number of thioether (sulfide) groups is 1. The van der Waals surface area contributed by atoms with E-state index in [1.54, 1.807) is 37.5 Å². The summed E-state index contributed by atoms with van der Waals surface area (Å²) in [4.78, 5) is 26.5. The van der Waals surface area contributed by atoms with Gasteiger partial charge in [0.15, 0.2) is 0 Å². The lowest BCUT2D eigenvalue weighted by Crippen LogP contribution is -2.27. The molecule has 3 rings (SSSR count). The first-order chi connectivity index (χ1) is 12.1. The molecule has 128 valence electrons. The van der Waals surface area contributed by atoms with Gasteiger partial charge in [0.1, 0.15) is 11.5 Å². The first-order valence-corrected chi connectivity index (χ1v) is 8.59. The van der Waals surface area contributed by atoms with Crippen molar-refractivity contribution in [1.29, 1.82) is 0 Å². The average Bonchev–Trinajstić information content (AvgIpc) is 2.90. The van der Waals surface area contributed by atoms with Gasteiger partial charge in [-0.15, -0.1) is 0 Å². The Morgan fingerprint density at radius 2 is 1.80 bits per heavy atom. The second-order valence-corrected chi connectivity index (χ2v) is 6.18. The molecule has 2 aromatic carbocycles. The van der Waals surface area contributed by atoms with Gasteiger partial charge in [0.05, 0.1) is 24.3 Å². The van der Waals surface area contributed by atoms with E-state index in [1.165, 1.54) is 4.90 Å². The highest BCUT2D eigenvalue weighted by atomic mass is 32.2. The van der Waals surface area contributed by atoms with Crippen LogP contribution in [0, 0.1) is 0 Å². The molecule has 1 aliphatic rings. The number of ether oxygens (including phenoxy) is 2. The zero-order valence-corrected chi connectivity index (χ0v) is 14.7. The van der Waals surface area contributed by atoms with E-state index in [0.29, 0.717) is 28.7 Å². The predicted octanol–water partition coefficient (Wildman–Crippen LogP) is 4.33. The van der Waals surface area contributed by atoms with Crippen LogP contribution in [0.1, 0.15) is 12.5 Å². The van der Waals surface area contributed by atoms with Crippen LogP contribution in [0.4, 0.5) is 10.5 Å². The van der Waals surface area contributed by atoms with Gasteiger partial charge in [0.25, 0.3) is 11.1 Å². The largest absolute Gasteiger partial charge is 0.496 e. The number of para-hydroxylation sites is 1. The molecule has 0 aromatic heterocycles. The van der Waals surface area contributed by atoms with Crippen LogP contribution in [0.25, 0.3) is 6.08 Å². The third-order valence-electron chi connectivity index (χ3n) is 3.63. The van der Waals surface area contributed by atoms with Gasteiger partial charge in [-0.1, -0.05) is 18.2 Å². The number of nitrogens with zero attached hydrogens (tertiary/aromatic N) is 1. The molecule has 0 N–H and O–H groups in total. The Morgan fingerprint density at radius 3 is 2.48 bits per heavy atom. The third kappa shape index (κ3) is 3.53. The number of hydrogen-bond acceptors (Lipinski definition) is 5. The summed E-state index contributed by atoms with van der Waals surface area (Å²) < 4.78 is 10.7. The lowest BCUT2D eigenvalue weighted by atomic mass is 10.2. The van der Waals surface area contributed by atoms with Crippen molar-refractivity contribution in [3.05, 3.63) is 59.0 Å². The van der Waals surface area contributed by atoms with Crippen molar-refractivity contribution in [2.45, 2.75) is 6.92 Å². The molecule has 2 amide bonds. The third-order valence-corrected chi connectivity index (χ3v) is 4.49. The molecule has 0 bridgehead atoms. The lowest BCUT2D eigenvalue weighted by molar-refractivity contribution is -0.113. The standard InChI is InChI=1S/C19H17NO4S/c1-3-24-15-10-8-14(9-11-15)20-18(21)17(25-19(20)22)12-13-6-4-5-7-16(13)23-2/h4-12H,3H2,1-2H3. The predicted molar refractivity (Wildman–Crippen MR) is 99.1 cm³/mol. The maximum Gasteiger partial charge on any atom is 0.298 e. The molecule has 1 heterocycles. The van der Waals surface area contributed by atoms with Crippen molar-refractivity contribution in [3.63, 3.8) is 0 Å². The van der Waals surface area contributed by atoms with Crippen LogP contribution in [0.2, 0.25) is 0 Å². The second kappa shape index (κ2) is 7.44. The molecule has 5 nitrogen and oxygen atoms in total. The Hall–Kier alpha value is -2.73. The SMILES string of the molecule is CCOc1ccc(N2C(=O)SC(=Cc3ccccc3OC)C2=O)cc1. The van der Waals surface area contributed by atoms with Crippen LogP contribution < -0.4 is 14.4 Å². The fourth-order valence-corrected chi connectivity index (χ4v) is 3.31. The van der Waals surface area contributed by atoms with Crippen molar-refractivity contribution in [3.8, 4) is 11.5 Å². The van der Waals surface area contributed by atoms with Gasteiger partial charge >= 0.3 is 0 Å². The van der Waals surface area contributed by atoms with E-state index in [9.17, 15) is 9.59 Å². The van der Waals surface area contributed by atoms with E-state index >= 15 is 0 Å². The second-order valence-electron chi connectivity index (χ2n) is 5.19. The minimum atomic E-state index is -0.343. The highest BCUT2D eigenvalue weighted by molar-refractivity contribution is 8.19. The number of benzene rings is 2. The summed E-state index contributed by atoms with van der Waals surface area (Å²) in [5, 5.41) is -0.324. The molecule has 0 radical (unpaired) electrons. The number of amides is 2. The number of anilines is 1. The van der Waals surface area contributed by atoms with Gasteiger partial charge in [-0.3, -0.25) is 9.59 Å². The Balaban J connectivity index is 1.88. The van der Waals surface area contributed by atoms with Gasteiger partial charge in [-0.2, -0.15) is 0 Å². The molecule has 1 aliphatic heterocycles. The molecular formula is C19H17NO4S. The molecule has 1 saturated heterocycles. The van der Waals surface area contributed by atoms with E-state index in [0.717, 1.165) is 17.3 Å². The Kier molecular flexibility index (Phi) is 5.09. The van der Waals surface area contributed by atoms with Crippen molar-refractivity contribution in [1.82, 2.24) is 0 Å². The number of imide groups is 1. The van der Waals surface area contributed by atoms with Crippen LogP contribution >= 0.6 is 11.8 Å². The molecule has 0 atom stereocenters. The number of rotatable bonds is 5. The first-order valence-electron chi connectivity index (χ1n) is 7.78. The molecule has 1 fully saturated rings. The van der Waals surface area contributed by atoms with Crippen LogP contribution in [0.5, 0.6) is 11.5 Å². The van der Waals surface area contributed by atoms with Crippen LogP contribution in [-0.4, -0.2) is 24.9 Å². The Morgan fingerprint density at radius 1 is 1.08 bits per heavy atom. The maximum absolute atomic E-state index is 12.7. The topological polar surface area (TPSA) is 55.8 Å². The van der Waals surface area contributed by atoms with Crippen LogP contribution in [0.15, 0.2) is 53.4 Å². The monoisotopic (exact) mass is 355 g/mol. The molecule has 0 aliphatic carbocycles. The first kappa shape index (κ1) is 17.1. The van der Waals surface area contributed by atoms with E-state index < -0.39 is 0 Å². The minimum absolute atomic E-state index is 0.324. The van der Waals surface area contributed by atoms with Crippen LogP contribution in [0.3, 0.4) is 0 Å². The van der Waals surface area contributed by atoms with Crippen molar-refractivity contribution in [2.75, 3.05) is 18.6 Å². The van der Waals surface area contributed by atoms with Crippen molar-refractivity contribution >= 4 is 34.7 Å². The summed E-state index contributed by atoms with van der Waals surface area (Å²) in [5.41, 5.74) is 1.27. The summed E-state index contributed by atoms with van der Waals surface area (Å²) in [7, 11) is 1.57. The fraction of sp³-hybridized carbons (Fsp3) is 0.158.